The highest BCUT2D eigenvalue weighted by molar-refractivity contribution is 6.08. The third kappa shape index (κ3) is 8.30. The van der Waals surface area contributed by atoms with Crippen LogP contribution in [0.3, 0.4) is 0 Å². The van der Waals surface area contributed by atoms with Gasteiger partial charge in [0, 0.05) is 42.4 Å². The van der Waals surface area contributed by atoms with Crippen molar-refractivity contribution < 1.29 is 19.1 Å². The van der Waals surface area contributed by atoms with Gasteiger partial charge in [0.1, 0.15) is 5.65 Å². The van der Waals surface area contributed by atoms with Gasteiger partial charge in [-0.3, -0.25) is 9.59 Å². The van der Waals surface area contributed by atoms with Crippen molar-refractivity contribution in [3.05, 3.63) is 71.3 Å². The number of hydrogen-bond donors (Lipinski definition) is 4. The first-order valence-corrected chi connectivity index (χ1v) is 12.6. The van der Waals surface area contributed by atoms with Crippen LogP contribution in [-0.2, 0) is 14.3 Å². The molecule has 0 aliphatic carbocycles. The van der Waals surface area contributed by atoms with Crippen molar-refractivity contribution in [3.63, 3.8) is 0 Å². The minimum Gasteiger partial charge on any atom is -0.397 e. The van der Waals surface area contributed by atoms with E-state index in [-0.39, 0.29) is 11.8 Å². The zero-order valence-corrected chi connectivity index (χ0v) is 22.2. The molecular formula is C27H37N7O4. The SMILES string of the molecule is CCNC(=O)CCOCCOCCN(N)/C=C(\N)c1ccc(NC(=O)c2ccn3c(C)cc(C)nc23)cc1. The summed E-state index contributed by atoms with van der Waals surface area (Å²) in [4.78, 5) is 28.7. The number of hydrogen-bond acceptors (Lipinski definition) is 8. The van der Waals surface area contributed by atoms with Crippen LogP contribution in [0.2, 0.25) is 0 Å². The molecule has 0 spiro atoms. The van der Waals surface area contributed by atoms with Crippen LogP contribution in [-0.4, -0.2) is 65.7 Å². The van der Waals surface area contributed by atoms with Crippen LogP contribution in [0.4, 0.5) is 5.69 Å². The monoisotopic (exact) mass is 523 g/mol. The molecule has 0 bridgehead atoms. The fourth-order valence-corrected chi connectivity index (χ4v) is 3.78. The van der Waals surface area contributed by atoms with Gasteiger partial charge in [-0.1, -0.05) is 12.1 Å². The number of nitrogens with zero attached hydrogens (tertiary/aromatic N) is 3. The first-order chi connectivity index (χ1) is 18.3. The van der Waals surface area contributed by atoms with Crippen LogP contribution in [0.5, 0.6) is 0 Å². The van der Waals surface area contributed by atoms with Crippen LogP contribution in [0, 0.1) is 13.8 Å². The van der Waals surface area contributed by atoms with E-state index in [0.29, 0.717) is 68.5 Å². The number of hydrazine groups is 1. The topological polar surface area (TPSA) is 149 Å². The number of nitrogens with two attached hydrogens (primary N) is 2. The maximum absolute atomic E-state index is 12.9. The van der Waals surface area contributed by atoms with E-state index in [4.69, 9.17) is 21.1 Å². The summed E-state index contributed by atoms with van der Waals surface area (Å²) in [7, 11) is 0. The van der Waals surface area contributed by atoms with E-state index >= 15 is 0 Å². The second kappa shape index (κ2) is 14.1. The Labute approximate surface area is 222 Å². The summed E-state index contributed by atoms with van der Waals surface area (Å²) in [6.07, 6.45) is 3.81. The maximum atomic E-state index is 12.9. The zero-order chi connectivity index (χ0) is 27.5. The van der Waals surface area contributed by atoms with Gasteiger partial charge >= 0.3 is 0 Å². The van der Waals surface area contributed by atoms with Gasteiger partial charge in [-0.2, -0.15) is 0 Å². The quantitative estimate of drug-likeness (QED) is 0.143. The third-order valence-electron chi connectivity index (χ3n) is 5.68. The van der Waals surface area contributed by atoms with Crippen molar-refractivity contribution in [2.45, 2.75) is 27.2 Å². The van der Waals surface area contributed by atoms with Gasteiger partial charge in [-0.15, -0.1) is 0 Å². The van der Waals surface area contributed by atoms with Crippen LogP contribution in [0.15, 0.2) is 48.8 Å². The molecule has 11 nitrogen and oxygen atoms in total. The molecule has 6 N–H and O–H groups in total. The molecule has 3 rings (SSSR count). The second-order valence-corrected chi connectivity index (χ2v) is 8.74. The second-order valence-electron chi connectivity index (χ2n) is 8.74. The van der Waals surface area contributed by atoms with E-state index < -0.39 is 0 Å². The van der Waals surface area contributed by atoms with Gasteiger partial charge in [0.2, 0.25) is 5.91 Å². The molecule has 0 fully saturated rings. The molecule has 3 aromatic rings. The van der Waals surface area contributed by atoms with Gasteiger partial charge in [0.05, 0.1) is 44.2 Å². The zero-order valence-electron chi connectivity index (χ0n) is 22.2. The van der Waals surface area contributed by atoms with Crippen molar-refractivity contribution >= 4 is 28.8 Å². The maximum Gasteiger partial charge on any atom is 0.259 e. The molecule has 0 saturated carbocycles. The first-order valence-electron chi connectivity index (χ1n) is 12.6. The van der Waals surface area contributed by atoms with E-state index in [2.05, 4.69) is 15.6 Å². The number of amides is 2. The molecule has 0 unspecified atom stereocenters. The number of anilines is 1. The fourth-order valence-electron chi connectivity index (χ4n) is 3.78. The standard InChI is InChI=1S/C27H37N7O4/c1-4-30-25(35)10-13-37-15-16-38-14-12-33(29)18-24(28)21-5-7-22(8-6-21)32-27(36)23-9-11-34-20(3)17-19(2)31-26(23)34/h5-9,11,17-18H,4,10,12-16,28-29H2,1-3H3,(H,30,35)(H,32,36)/b24-18-. The van der Waals surface area contributed by atoms with E-state index in [9.17, 15) is 9.59 Å². The number of aryl methyl sites for hydroxylation is 2. The predicted molar refractivity (Wildman–Crippen MR) is 147 cm³/mol. The van der Waals surface area contributed by atoms with Gasteiger partial charge < -0.3 is 35.3 Å². The Morgan fingerprint density at radius 2 is 1.79 bits per heavy atom. The number of ether oxygens (including phenoxy) is 2. The Hall–Kier alpha value is -3.93. The number of carbonyl (C=O) groups excluding carboxylic acids is 2. The molecule has 2 aromatic heterocycles. The molecule has 0 saturated heterocycles. The molecule has 38 heavy (non-hydrogen) atoms. The Morgan fingerprint density at radius 3 is 2.50 bits per heavy atom. The smallest absolute Gasteiger partial charge is 0.259 e. The normalized spacial score (nSPS) is 11.5. The number of aromatic nitrogens is 2. The largest absolute Gasteiger partial charge is 0.397 e. The Morgan fingerprint density at radius 1 is 1.08 bits per heavy atom. The lowest BCUT2D eigenvalue weighted by atomic mass is 10.1. The van der Waals surface area contributed by atoms with Crippen molar-refractivity contribution in [2.75, 3.05) is 44.8 Å². The summed E-state index contributed by atoms with van der Waals surface area (Å²) in [5, 5.41) is 7.08. The highest BCUT2D eigenvalue weighted by atomic mass is 16.5. The number of rotatable bonds is 14. The summed E-state index contributed by atoms with van der Waals surface area (Å²) < 4.78 is 12.8. The van der Waals surface area contributed by atoms with Crippen LogP contribution >= 0.6 is 0 Å². The van der Waals surface area contributed by atoms with Gasteiger partial charge in [-0.05, 0) is 50.6 Å². The molecule has 2 heterocycles. The minimum absolute atomic E-state index is 0.0236. The highest BCUT2D eigenvalue weighted by Crippen LogP contribution is 2.18. The number of carbonyl (C=O) groups is 2. The van der Waals surface area contributed by atoms with E-state index in [0.717, 1.165) is 17.0 Å². The van der Waals surface area contributed by atoms with Crippen molar-refractivity contribution in [1.29, 1.82) is 0 Å². The lowest BCUT2D eigenvalue weighted by molar-refractivity contribution is -0.122. The molecule has 1 aromatic carbocycles. The minimum atomic E-state index is -0.234. The van der Waals surface area contributed by atoms with Crippen LogP contribution < -0.4 is 22.2 Å². The van der Waals surface area contributed by atoms with E-state index in [1.54, 1.807) is 24.4 Å². The van der Waals surface area contributed by atoms with Crippen molar-refractivity contribution in [3.8, 4) is 0 Å². The molecule has 0 atom stereocenters. The van der Waals surface area contributed by atoms with E-state index in [1.807, 2.05) is 49.6 Å². The number of benzene rings is 1. The summed E-state index contributed by atoms with van der Waals surface area (Å²) in [5.41, 5.74) is 11.1. The van der Waals surface area contributed by atoms with Gasteiger partial charge in [0.15, 0.2) is 0 Å². The molecular weight excluding hydrogens is 486 g/mol. The molecule has 2 amide bonds. The lowest BCUT2D eigenvalue weighted by Gasteiger charge is -2.15. The number of fused-ring (bicyclic) bond motifs is 1. The summed E-state index contributed by atoms with van der Waals surface area (Å²) in [6, 6.07) is 10.9. The third-order valence-corrected chi connectivity index (χ3v) is 5.68. The van der Waals surface area contributed by atoms with Crippen molar-refractivity contribution in [2.24, 2.45) is 11.6 Å². The molecule has 11 heteroatoms. The van der Waals surface area contributed by atoms with Crippen LogP contribution in [0.25, 0.3) is 11.3 Å². The fraction of sp³-hybridized carbons (Fsp3) is 0.370. The average Bonchev–Trinajstić information content (AvgIpc) is 3.30. The Balaban J connectivity index is 1.42. The Kier molecular flexibility index (Phi) is 10.6. The summed E-state index contributed by atoms with van der Waals surface area (Å²) in [6.45, 7) is 8.38. The van der Waals surface area contributed by atoms with Gasteiger partial charge in [0.25, 0.3) is 5.91 Å². The lowest BCUT2D eigenvalue weighted by Crippen LogP contribution is -2.30. The summed E-state index contributed by atoms with van der Waals surface area (Å²) >= 11 is 0. The Bertz CT molecular complexity index is 1250. The van der Waals surface area contributed by atoms with E-state index in [1.165, 1.54) is 5.01 Å². The average molecular weight is 524 g/mol. The predicted octanol–water partition coefficient (Wildman–Crippen LogP) is 2.20. The molecule has 0 aliphatic heterocycles. The van der Waals surface area contributed by atoms with Crippen LogP contribution in [0.1, 0.15) is 40.7 Å². The summed E-state index contributed by atoms with van der Waals surface area (Å²) in [5.74, 6) is 5.75. The van der Waals surface area contributed by atoms with Crippen molar-refractivity contribution in [1.82, 2.24) is 19.7 Å². The number of nitrogens with one attached hydrogen (secondary N) is 2. The molecule has 0 radical (unpaired) electrons. The first kappa shape index (κ1) is 28.6. The molecule has 0 aliphatic rings. The highest BCUT2D eigenvalue weighted by Gasteiger charge is 2.14. The molecule has 204 valence electrons. The van der Waals surface area contributed by atoms with Gasteiger partial charge in [-0.25, -0.2) is 10.8 Å².